The molecular formula is C23H20ClFN6O2. The monoisotopic (exact) mass is 466 g/mol. The number of amides is 2. The van der Waals surface area contributed by atoms with E-state index in [9.17, 15) is 14.0 Å². The molecule has 0 saturated heterocycles. The van der Waals surface area contributed by atoms with Gasteiger partial charge in [0.25, 0.3) is 0 Å². The lowest BCUT2D eigenvalue weighted by atomic mass is 10.0. The van der Waals surface area contributed by atoms with Crippen molar-refractivity contribution in [1.29, 1.82) is 0 Å². The van der Waals surface area contributed by atoms with Crippen LogP contribution in [0.4, 0.5) is 26.4 Å². The normalized spacial score (nSPS) is 11.1. The Hall–Kier alpha value is -3.98. The number of hydrogen-bond donors (Lipinski definition) is 3. The largest absolute Gasteiger partial charge is 0.383 e. The first-order valence-corrected chi connectivity index (χ1v) is 10.4. The summed E-state index contributed by atoms with van der Waals surface area (Å²) in [5.41, 5.74) is 8.08. The Morgan fingerprint density at radius 3 is 2.52 bits per heavy atom. The molecule has 0 aliphatic heterocycles. The lowest BCUT2D eigenvalue weighted by Crippen LogP contribution is -2.19. The summed E-state index contributed by atoms with van der Waals surface area (Å²) in [5.74, 6) is -0.650. The van der Waals surface area contributed by atoms with Crippen LogP contribution in [0.2, 0.25) is 5.02 Å². The second-order valence-corrected chi connectivity index (χ2v) is 8.03. The Morgan fingerprint density at radius 2 is 1.82 bits per heavy atom. The first kappa shape index (κ1) is 22.2. The van der Waals surface area contributed by atoms with Gasteiger partial charge in [0.1, 0.15) is 23.6 Å². The van der Waals surface area contributed by atoms with Crippen LogP contribution in [0.1, 0.15) is 35.8 Å². The molecule has 0 saturated carbocycles. The maximum absolute atomic E-state index is 13.3. The maximum Gasteiger partial charge on any atom is 0.323 e. The minimum atomic E-state index is -0.585. The molecule has 2 heterocycles. The number of urea groups is 1. The van der Waals surface area contributed by atoms with E-state index in [0.717, 1.165) is 6.07 Å². The fraction of sp³-hybridized carbons (Fsp3) is 0.130. The van der Waals surface area contributed by atoms with E-state index in [1.165, 1.54) is 18.5 Å². The van der Waals surface area contributed by atoms with Gasteiger partial charge < -0.3 is 20.9 Å². The van der Waals surface area contributed by atoms with Crippen LogP contribution in [0.25, 0.3) is 11.0 Å². The van der Waals surface area contributed by atoms with Crippen LogP contribution in [0, 0.1) is 5.82 Å². The van der Waals surface area contributed by atoms with Gasteiger partial charge in [-0.1, -0.05) is 23.7 Å². The smallest absolute Gasteiger partial charge is 0.323 e. The average Bonchev–Trinajstić information content (AvgIpc) is 3.17. The third-order valence-electron chi connectivity index (χ3n) is 5.00. The molecular weight excluding hydrogens is 447 g/mol. The van der Waals surface area contributed by atoms with Crippen LogP contribution in [0.3, 0.4) is 0 Å². The number of ketones is 1. The van der Waals surface area contributed by atoms with Crippen LogP contribution in [-0.4, -0.2) is 26.3 Å². The highest BCUT2D eigenvalue weighted by atomic mass is 35.5. The molecule has 0 radical (unpaired) electrons. The molecule has 0 spiro atoms. The minimum absolute atomic E-state index is 0.0556. The van der Waals surface area contributed by atoms with Gasteiger partial charge in [-0.15, -0.1) is 0 Å². The van der Waals surface area contributed by atoms with E-state index in [0.29, 0.717) is 33.5 Å². The fourth-order valence-corrected chi connectivity index (χ4v) is 3.62. The van der Waals surface area contributed by atoms with Gasteiger partial charge in [-0.2, -0.15) is 0 Å². The van der Waals surface area contributed by atoms with Gasteiger partial charge >= 0.3 is 6.03 Å². The number of hydrogen-bond acceptors (Lipinski definition) is 5. The van der Waals surface area contributed by atoms with Gasteiger partial charge in [-0.25, -0.2) is 19.2 Å². The molecule has 33 heavy (non-hydrogen) atoms. The quantitative estimate of drug-likeness (QED) is 0.347. The van der Waals surface area contributed by atoms with Crippen molar-refractivity contribution in [2.75, 3.05) is 16.4 Å². The van der Waals surface area contributed by atoms with Crippen molar-refractivity contribution in [3.8, 4) is 0 Å². The molecule has 8 nitrogen and oxygen atoms in total. The summed E-state index contributed by atoms with van der Waals surface area (Å²) in [5, 5.41) is 5.59. The third kappa shape index (κ3) is 4.49. The summed E-state index contributed by atoms with van der Waals surface area (Å²) in [7, 11) is 0. The van der Waals surface area contributed by atoms with Gasteiger partial charge in [0.15, 0.2) is 5.78 Å². The first-order chi connectivity index (χ1) is 15.7. The Morgan fingerprint density at radius 1 is 1.09 bits per heavy atom. The highest BCUT2D eigenvalue weighted by Crippen LogP contribution is 2.29. The summed E-state index contributed by atoms with van der Waals surface area (Å²) in [4.78, 5) is 34.0. The number of nitrogens with one attached hydrogen (secondary N) is 2. The number of nitrogen functional groups attached to an aromatic ring is 1. The Bertz CT molecular complexity index is 1380. The van der Waals surface area contributed by atoms with E-state index >= 15 is 0 Å². The Kier molecular flexibility index (Phi) is 5.97. The number of rotatable bonds is 5. The highest BCUT2D eigenvalue weighted by molar-refractivity contribution is 6.31. The first-order valence-electron chi connectivity index (χ1n) is 10.0. The maximum atomic E-state index is 13.3. The zero-order chi connectivity index (χ0) is 23.7. The van der Waals surface area contributed by atoms with Crippen LogP contribution in [0.15, 0.2) is 55.0 Å². The topological polar surface area (TPSA) is 115 Å². The third-order valence-corrected chi connectivity index (χ3v) is 5.29. The van der Waals surface area contributed by atoms with E-state index in [1.807, 2.05) is 18.4 Å². The number of carbonyl (C=O) groups is 2. The predicted octanol–water partition coefficient (Wildman–Crippen LogP) is 5.26. The number of nitrogens with two attached hydrogens (primary N) is 1. The fourth-order valence-electron chi connectivity index (χ4n) is 3.44. The molecule has 0 unspecified atom stereocenters. The molecule has 4 N–H and O–H groups in total. The second-order valence-electron chi connectivity index (χ2n) is 7.62. The standard InChI is InChI=1S/C23H20ClFN6O2/c1-12(2)31-10-16(19-21(26)27-11-28-22(19)31)20(32)13-4-3-5-14(8-13)29-23(33)30-15-6-7-18(25)17(24)9-15/h3-12H,1-2H3,(H2,26,27,28)(H2,29,30,33). The molecule has 0 bridgehead atoms. The molecule has 2 aromatic heterocycles. The summed E-state index contributed by atoms with van der Waals surface area (Å²) >= 11 is 5.74. The van der Waals surface area contributed by atoms with E-state index < -0.39 is 11.8 Å². The molecule has 0 aliphatic carbocycles. The van der Waals surface area contributed by atoms with Crippen LogP contribution in [0.5, 0.6) is 0 Å². The Labute approximate surface area is 193 Å². The summed E-state index contributed by atoms with van der Waals surface area (Å²) < 4.78 is 15.2. The van der Waals surface area contributed by atoms with Crippen LogP contribution in [-0.2, 0) is 0 Å². The predicted molar refractivity (Wildman–Crippen MR) is 126 cm³/mol. The van der Waals surface area contributed by atoms with Gasteiger partial charge in [-0.3, -0.25) is 4.79 Å². The lowest BCUT2D eigenvalue weighted by Gasteiger charge is -2.09. The van der Waals surface area contributed by atoms with Gasteiger partial charge in [0, 0.05) is 29.2 Å². The molecule has 168 valence electrons. The molecule has 2 aromatic carbocycles. The summed E-state index contributed by atoms with van der Waals surface area (Å²) in [6, 6.07) is 9.81. The molecule has 2 amide bonds. The average molecular weight is 467 g/mol. The van der Waals surface area contributed by atoms with Crippen molar-refractivity contribution in [2.45, 2.75) is 19.9 Å². The van der Waals surface area contributed by atoms with Crippen LogP contribution >= 0.6 is 11.6 Å². The van der Waals surface area contributed by atoms with Crippen molar-refractivity contribution < 1.29 is 14.0 Å². The van der Waals surface area contributed by atoms with Gasteiger partial charge in [-0.05, 0) is 44.2 Å². The van der Waals surface area contributed by atoms with Gasteiger partial charge in [0.2, 0.25) is 0 Å². The van der Waals surface area contributed by atoms with E-state index in [4.69, 9.17) is 17.3 Å². The summed E-state index contributed by atoms with van der Waals surface area (Å²) in [6.45, 7) is 3.95. The molecule has 0 fully saturated rings. The number of carbonyl (C=O) groups excluding carboxylic acids is 2. The van der Waals surface area contributed by atoms with Gasteiger partial charge in [0.05, 0.1) is 16.0 Å². The van der Waals surface area contributed by atoms with Crippen molar-refractivity contribution in [3.63, 3.8) is 0 Å². The molecule has 0 aliphatic rings. The number of anilines is 3. The zero-order valence-electron chi connectivity index (χ0n) is 17.8. The van der Waals surface area contributed by atoms with Crippen molar-refractivity contribution in [2.24, 2.45) is 0 Å². The SMILES string of the molecule is CC(C)n1cc(C(=O)c2cccc(NC(=O)Nc3ccc(F)c(Cl)c3)c2)c2c(N)ncnc21. The molecule has 4 aromatic rings. The van der Waals surface area contributed by atoms with E-state index in [2.05, 4.69) is 20.6 Å². The summed E-state index contributed by atoms with van der Waals surface area (Å²) in [6.07, 6.45) is 3.08. The number of aromatic nitrogens is 3. The molecule has 0 atom stereocenters. The lowest BCUT2D eigenvalue weighted by molar-refractivity contribution is 0.104. The number of benzene rings is 2. The van der Waals surface area contributed by atoms with E-state index in [-0.39, 0.29) is 22.7 Å². The van der Waals surface area contributed by atoms with Crippen molar-refractivity contribution in [3.05, 3.63) is 77.0 Å². The zero-order valence-corrected chi connectivity index (χ0v) is 18.5. The second kappa shape index (κ2) is 8.87. The van der Waals surface area contributed by atoms with Crippen LogP contribution < -0.4 is 16.4 Å². The molecule has 10 heteroatoms. The number of halogens is 2. The van der Waals surface area contributed by atoms with E-state index in [1.54, 1.807) is 30.5 Å². The Balaban J connectivity index is 1.60. The van der Waals surface area contributed by atoms with Crippen molar-refractivity contribution >= 4 is 51.6 Å². The molecule has 4 rings (SSSR count). The van der Waals surface area contributed by atoms with Crippen molar-refractivity contribution in [1.82, 2.24) is 14.5 Å². The minimum Gasteiger partial charge on any atom is -0.383 e. The highest BCUT2D eigenvalue weighted by Gasteiger charge is 2.21. The number of fused-ring (bicyclic) bond motifs is 1. The number of nitrogens with zero attached hydrogens (tertiary/aromatic N) is 3.